The molecule has 30 heavy (non-hydrogen) atoms. The number of hydrazine groups is 1. The van der Waals surface area contributed by atoms with Crippen molar-refractivity contribution in [2.75, 3.05) is 37.5 Å². The quantitative estimate of drug-likeness (QED) is 0.474. The fraction of sp³-hybridized carbons (Fsp3) is 0.750. The van der Waals surface area contributed by atoms with E-state index in [2.05, 4.69) is 44.1 Å². The van der Waals surface area contributed by atoms with Gasteiger partial charge in [0.05, 0.1) is 26.0 Å². The van der Waals surface area contributed by atoms with E-state index in [-0.39, 0.29) is 18.8 Å². The van der Waals surface area contributed by atoms with Gasteiger partial charge in [-0.15, -0.1) is 0 Å². The van der Waals surface area contributed by atoms with Gasteiger partial charge < -0.3 is 20.1 Å². The SMILES string of the molecule is COc1cc(NC2CC(CO)NN2)nc(N(C)C2C[C@H]3CC[C@@H](C2)N3CCC#N)n1. The number of rotatable bonds is 8. The Morgan fingerprint density at radius 2 is 2.07 bits per heavy atom. The van der Waals surface area contributed by atoms with Crippen molar-refractivity contribution in [3.63, 3.8) is 0 Å². The van der Waals surface area contributed by atoms with Gasteiger partial charge >= 0.3 is 0 Å². The maximum atomic E-state index is 9.31. The molecule has 0 spiro atoms. The lowest BCUT2D eigenvalue weighted by atomic mass is 9.96. The van der Waals surface area contributed by atoms with E-state index in [0.717, 1.165) is 25.8 Å². The molecule has 5 atom stereocenters. The molecule has 3 aliphatic heterocycles. The molecular weight excluding hydrogens is 384 g/mol. The van der Waals surface area contributed by atoms with Crippen molar-refractivity contribution in [2.45, 2.75) is 68.9 Å². The van der Waals surface area contributed by atoms with Crippen LogP contribution in [-0.2, 0) is 0 Å². The fourth-order valence-electron chi connectivity index (χ4n) is 5.03. The Morgan fingerprint density at radius 1 is 1.30 bits per heavy atom. The van der Waals surface area contributed by atoms with E-state index < -0.39 is 0 Å². The number of anilines is 2. The molecule has 0 aliphatic carbocycles. The van der Waals surface area contributed by atoms with Gasteiger partial charge in [-0.25, -0.2) is 5.43 Å². The number of hydrogen-bond acceptors (Lipinski definition) is 10. The van der Waals surface area contributed by atoms with E-state index in [9.17, 15) is 5.11 Å². The molecule has 1 aromatic heterocycles. The summed E-state index contributed by atoms with van der Waals surface area (Å²) in [6.45, 7) is 0.963. The number of aliphatic hydroxyl groups excluding tert-OH is 1. The van der Waals surface area contributed by atoms with E-state index in [4.69, 9.17) is 15.0 Å². The topological polar surface area (TPSA) is 122 Å². The largest absolute Gasteiger partial charge is 0.481 e. The van der Waals surface area contributed by atoms with Crippen LogP contribution in [0.4, 0.5) is 11.8 Å². The smallest absolute Gasteiger partial charge is 0.230 e. The van der Waals surface area contributed by atoms with Gasteiger partial charge in [0.15, 0.2) is 0 Å². The van der Waals surface area contributed by atoms with Crippen molar-refractivity contribution in [3.05, 3.63) is 6.07 Å². The van der Waals surface area contributed by atoms with Crippen LogP contribution in [0.2, 0.25) is 0 Å². The number of nitriles is 1. The first-order valence-electron chi connectivity index (χ1n) is 10.8. The number of nitrogens with zero attached hydrogens (tertiary/aromatic N) is 5. The zero-order valence-corrected chi connectivity index (χ0v) is 17.7. The van der Waals surface area contributed by atoms with Crippen LogP contribution < -0.4 is 25.8 Å². The minimum atomic E-state index is -0.0286. The number of aromatic nitrogens is 2. The van der Waals surface area contributed by atoms with Gasteiger partial charge in [-0.2, -0.15) is 15.2 Å². The second-order valence-electron chi connectivity index (χ2n) is 8.46. The Morgan fingerprint density at radius 3 is 2.70 bits per heavy atom. The number of methoxy groups -OCH3 is 1. The minimum absolute atomic E-state index is 0.0232. The summed E-state index contributed by atoms with van der Waals surface area (Å²) in [7, 11) is 3.67. The molecule has 0 radical (unpaired) electrons. The summed E-state index contributed by atoms with van der Waals surface area (Å²) in [5, 5.41) is 21.6. The van der Waals surface area contributed by atoms with Crippen LogP contribution in [0.1, 0.15) is 38.5 Å². The van der Waals surface area contributed by atoms with Crippen molar-refractivity contribution in [1.82, 2.24) is 25.7 Å². The molecule has 3 fully saturated rings. The minimum Gasteiger partial charge on any atom is -0.481 e. The van der Waals surface area contributed by atoms with Crippen LogP contribution in [0.3, 0.4) is 0 Å². The Labute approximate surface area is 177 Å². The lowest BCUT2D eigenvalue weighted by Gasteiger charge is -2.42. The van der Waals surface area contributed by atoms with Gasteiger partial charge in [-0.3, -0.25) is 10.3 Å². The van der Waals surface area contributed by atoms with Crippen LogP contribution in [-0.4, -0.2) is 77.6 Å². The van der Waals surface area contributed by atoms with E-state index in [1.807, 2.05) is 0 Å². The van der Waals surface area contributed by atoms with Crippen molar-refractivity contribution in [2.24, 2.45) is 0 Å². The summed E-state index contributed by atoms with van der Waals surface area (Å²) in [5.41, 5.74) is 6.19. The summed E-state index contributed by atoms with van der Waals surface area (Å²) in [5.74, 6) is 1.86. The Hall–Kier alpha value is -2.19. The molecule has 0 amide bonds. The summed E-state index contributed by atoms with van der Waals surface area (Å²) >= 11 is 0. The molecule has 4 rings (SSSR count). The second-order valence-corrected chi connectivity index (χ2v) is 8.46. The van der Waals surface area contributed by atoms with E-state index in [1.165, 1.54) is 12.8 Å². The van der Waals surface area contributed by atoms with E-state index in [1.54, 1.807) is 13.2 Å². The fourth-order valence-corrected chi connectivity index (χ4v) is 5.03. The normalized spacial score (nSPS) is 30.8. The highest BCUT2D eigenvalue weighted by molar-refractivity contribution is 5.47. The van der Waals surface area contributed by atoms with Gasteiger partial charge in [0.25, 0.3) is 0 Å². The molecule has 164 valence electrons. The second kappa shape index (κ2) is 9.31. The van der Waals surface area contributed by atoms with Gasteiger partial charge in [0.1, 0.15) is 5.82 Å². The molecule has 0 aromatic carbocycles. The maximum absolute atomic E-state index is 9.31. The zero-order valence-electron chi connectivity index (χ0n) is 17.7. The van der Waals surface area contributed by atoms with Crippen LogP contribution in [0, 0.1) is 11.3 Å². The highest BCUT2D eigenvalue weighted by Gasteiger charge is 2.42. The number of nitrogens with one attached hydrogen (secondary N) is 3. The first-order chi connectivity index (χ1) is 14.6. The van der Waals surface area contributed by atoms with Gasteiger partial charge in [0, 0.05) is 56.7 Å². The highest BCUT2D eigenvalue weighted by Crippen LogP contribution is 2.38. The Kier molecular flexibility index (Phi) is 6.53. The summed E-state index contributed by atoms with van der Waals surface area (Å²) in [6, 6.07) is 5.54. The van der Waals surface area contributed by atoms with Crippen molar-refractivity contribution >= 4 is 11.8 Å². The number of piperidine rings is 1. The molecule has 3 saturated heterocycles. The van der Waals surface area contributed by atoms with Gasteiger partial charge in [-0.05, 0) is 25.7 Å². The predicted molar refractivity (Wildman–Crippen MR) is 113 cm³/mol. The molecule has 3 unspecified atom stereocenters. The predicted octanol–water partition coefficient (Wildman–Crippen LogP) is 0.427. The number of aliphatic hydroxyl groups is 1. The van der Waals surface area contributed by atoms with Crippen molar-refractivity contribution in [3.8, 4) is 11.9 Å². The third kappa shape index (κ3) is 4.44. The summed E-state index contributed by atoms with van der Waals surface area (Å²) in [4.78, 5) is 14.0. The maximum Gasteiger partial charge on any atom is 0.230 e. The number of ether oxygens (including phenoxy) is 1. The Balaban J connectivity index is 1.45. The molecule has 0 saturated carbocycles. The van der Waals surface area contributed by atoms with Crippen LogP contribution in [0.15, 0.2) is 6.07 Å². The third-order valence-corrected chi connectivity index (χ3v) is 6.63. The molecule has 3 aliphatic rings. The van der Waals surface area contributed by atoms with E-state index in [0.29, 0.717) is 42.2 Å². The van der Waals surface area contributed by atoms with Gasteiger partial charge in [0.2, 0.25) is 11.8 Å². The molecule has 10 nitrogen and oxygen atoms in total. The Bertz CT molecular complexity index is 758. The molecule has 1 aromatic rings. The number of hydrogen-bond donors (Lipinski definition) is 4. The monoisotopic (exact) mass is 416 g/mol. The average Bonchev–Trinajstić information content (AvgIpc) is 3.31. The van der Waals surface area contributed by atoms with Gasteiger partial charge in [-0.1, -0.05) is 0 Å². The van der Waals surface area contributed by atoms with Crippen LogP contribution >= 0.6 is 0 Å². The zero-order chi connectivity index (χ0) is 21.1. The molecule has 2 bridgehead atoms. The summed E-state index contributed by atoms with van der Waals surface area (Å²) < 4.78 is 5.42. The summed E-state index contributed by atoms with van der Waals surface area (Å²) in [6.07, 6.45) is 5.86. The molecular formula is C20H32N8O2. The average molecular weight is 417 g/mol. The lowest BCUT2D eigenvalue weighted by Crippen LogP contribution is -2.50. The molecule has 10 heteroatoms. The third-order valence-electron chi connectivity index (χ3n) is 6.63. The van der Waals surface area contributed by atoms with Crippen LogP contribution in [0.5, 0.6) is 5.88 Å². The van der Waals surface area contributed by atoms with Crippen molar-refractivity contribution < 1.29 is 9.84 Å². The van der Waals surface area contributed by atoms with Crippen LogP contribution in [0.25, 0.3) is 0 Å². The van der Waals surface area contributed by atoms with Crippen molar-refractivity contribution in [1.29, 1.82) is 5.26 Å². The first-order valence-corrected chi connectivity index (χ1v) is 10.8. The standard InChI is InChI=1S/C20H32N8O2/c1-27(16-9-14-4-5-15(10-16)28(14)7-3-6-21)20-23-17(11-19(24-20)30-2)22-18-8-13(12-29)25-26-18/h11,13-16,18,25-26,29H,3-5,7-10,12H2,1-2H3,(H,22,23,24)/t13?,14-,15+,16?,18?. The van der Waals surface area contributed by atoms with E-state index >= 15 is 0 Å². The molecule has 4 heterocycles. The first kappa shape index (κ1) is 21.1. The lowest BCUT2D eigenvalue weighted by molar-refractivity contribution is 0.129. The molecule has 4 N–H and O–H groups in total. The highest BCUT2D eigenvalue weighted by atomic mass is 16.5. The number of fused-ring (bicyclic) bond motifs is 2.